The lowest BCUT2D eigenvalue weighted by molar-refractivity contribution is -0.165. The van der Waals surface area contributed by atoms with E-state index in [-0.39, 0.29) is 12.2 Å². The molecule has 0 saturated heterocycles. The molecule has 23 heavy (non-hydrogen) atoms. The Morgan fingerprint density at radius 3 is 2.43 bits per heavy atom. The molecule has 0 aromatic carbocycles. The van der Waals surface area contributed by atoms with E-state index in [1.165, 1.54) is 45.4 Å². The standard InChI is InChI=1S/C17H22O6/c1-11(8-14(19)22-4)6-7-17(21)12(2)9-13(18)10-16(17,3)15(20)23-5/h6-9,21H,10H2,1-5H3/b7-6+,11-8-/t16-,17-/m1/s1. The lowest BCUT2D eigenvalue weighted by Crippen LogP contribution is -2.54. The molecule has 1 aliphatic carbocycles. The van der Waals surface area contributed by atoms with E-state index < -0.39 is 23.0 Å². The zero-order valence-electron chi connectivity index (χ0n) is 14.0. The second-order valence-electron chi connectivity index (χ2n) is 5.81. The number of ketones is 1. The van der Waals surface area contributed by atoms with Crippen molar-refractivity contribution in [3.8, 4) is 0 Å². The summed E-state index contributed by atoms with van der Waals surface area (Å²) in [6.07, 6.45) is 5.30. The number of ether oxygens (including phenoxy) is 2. The smallest absolute Gasteiger partial charge is 0.330 e. The molecule has 0 radical (unpaired) electrons. The van der Waals surface area contributed by atoms with Gasteiger partial charge in [-0.15, -0.1) is 0 Å². The summed E-state index contributed by atoms with van der Waals surface area (Å²) < 4.78 is 9.30. The number of aliphatic hydroxyl groups is 1. The fraction of sp³-hybridized carbons (Fsp3) is 0.471. The van der Waals surface area contributed by atoms with E-state index >= 15 is 0 Å². The van der Waals surface area contributed by atoms with Crippen LogP contribution in [0.4, 0.5) is 0 Å². The third kappa shape index (κ3) is 3.59. The Morgan fingerprint density at radius 2 is 1.91 bits per heavy atom. The van der Waals surface area contributed by atoms with E-state index in [9.17, 15) is 19.5 Å². The minimum absolute atomic E-state index is 0.169. The SMILES string of the molecule is COC(=O)/C=C(C)\C=C\[C@@]1(O)C(C)=CC(=O)C[C@]1(C)C(=O)OC. The van der Waals surface area contributed by atoms with Crippen molar-refractivity contribution in [2.75, 3.05) is 14.2 Å². The van der Waals surface area contributed by atoms with Gasteiger partial charge in [0.15, 0.2) is 5.78 Å². The highest BCUT2D eigenvalue weighted by Crippen LogP contribution is 2.45. The zero-order chi connectivity index (χ0) is 17.8. The van der Waals surface area contributed by atoms with Crippen molar-refractivity contribution in [2.45, 2.75) is 32.8 Å². The summed E-state index contributed by atoms with van der Waals surface area (Å²) in [5, 5.41) is 11.1. The summed E-state index contributed by atoms with van der Waals surface area (Å²) in [7, 11) is 2.47. The molecule has 0 amide bonds. The Morgan fingerprint density at radius 1 is 1.30 bits per heavy atom. The minimum Gasteiger partial charge on any atom is -0.468 e. The molecular formula is C17H22O6. The lowest BCUT2D eigenvalue weighted by Gasteiger charge is -2.43. The molecule has 0 heterocycles. The largest absolute Gasteiger partial charge is 0.468 e. The Labute approximate surface area is 135 Å². The number of carbonyl (C=O) groups excluding carboxylic acids is 3. The first kappa shape index (κ1) is 18.8. The Kier molecular flexibility index (Phi) is 5.66. The van der Waals surface area contributed by atoms with Crippen molar-refractivity contribution < 1.29 is 29.0 Å². The molecule has 1 aliphatic rings. The second-order valence-corrected chi connectivity index (χ2v) is 5.81. The minimum atomic E-state index is -1.70. The van der Waals surface area contributed by atoms with E-state index in [1.54, 1.807) is 13.8 Å². The third-order valence-electron chi connectivity index (χ3n) is 4.12. The van der Waals surface area contributed by atoms with E-state index in [4.69, 9.17) is 4.74 Å². The predicted octanol–water partition coefficient (Wildman–Crippen LogP) is 1.49. The van der Waals surface area contributed by atoms with Gasteiger partial charge in [0.1, 0.15) is 11.0 Å². The molecule has 0 saturated carbocycles. The van der Waals surface area contributed by atoms with Crippen molar-refractivity contribution in [3.05, 3.63) is 35.5 Å². The first-order chi connectivity index (χ1) is 10.6. The van der Waals surface area contributed by atoms with Crippen LogP contribution in [-0.2, 0) is 23.9 Å². The maximum Gasteiger partial charge on any atom is 0.330 e. The van der Waals surface area contributed by atoms with Gasteiger partial charge in [0.25, 0.3) is 0 Å². The zero-order valence-corrected chi connectivity index (χ0v) is 14.0. The van der Waals surface area contributed by atoms with Gasteiger partial charge in [-0.1, -0.05) is 6.08 Å². The van der Waals surface area contributed by atoms with Crippen molar-refractivity contribution >= 4 is 17.7 Å². The van der Waals surface area contributed by atoms with Crippen LogP contribution in [0.25, 0.3) is 0 Å². The van der Waals surface area contributed by atoms with Crippen LogP contribution in [0.5, 0.6) is 0 Å². The molecule has 0 aromatic rings. The lowest BCUT2D eigenvalue weighted by atomic mass is 9.63. The topological polar surface area (TPSA) is 89.9 Å². The Balaban J connectivity index is 3.33. The Hall–Kier alpha value is -2.21. The quantitative estimate of drug-likeness (QED) is 0.479. The van der Waals surface area contributed by atoms with E-state index in [0.717, 1.165) is 0 Å². The van der Waals surface area contributed by atoms with Crippen molar-refractivity contribution in [2.24, 2.45) is 5.41 Å². The maximum atomic E-state index is 12.2. The highest BCUT2D eigenvalue weighted by atomic mass is 16.5. The fourth-order valence-electron chi connectivity index (χ4n) is 2.63. The van der Waals surface area contributed by atoms with Crippen LogP contribution in [0.2, 0.25) is 0 Å². The number of allylic oxidation sites excluding steroid dienone is 3. The van der Waals surface area contributed by atoms with Gasteiger partial charge < -0.3 is 14.6 Å². The molecule has 0 unspecified atom stereocenters. The monoisotopic (exact) mass is 322 g/mol. The molecule has 6 heteroatoms. The van der Waals surface area contributed by atoms with E-state index in [1.807, 2.05) is 0 Å². The summed E-state index contributed by atoms with van der Waals surface area (Å²) in [6.45, 7) is 4.71. The fourth-order valence-corrected chi connectivity index (χ4v) is 2.63. The summed E-state index contributed by atoms with van der Waals surface area (Å²) in [6, 6.07) is 0. The summed E-state index contributed by atoms with van der Waals surface area (Å²) in [4.78, 5) is 35.2. The highest BCUT2D eigenvalue weighted by molar-refractivity contribution is 5.98. The average Bonchev–Trinajstić information content (AvgIpc) is 2.49. The van der Waals surface area contributed by atoms with Gasteiger partial charge in [0, 0.05) is 12.5 Å². The second kappa shape index (κ2) is 6.91. The van der Waals surface area contributed by atoms with Crippen molar-refractivity contribution in [3.63, 3.8) is 0 Å². The summed E-state index contributed by atoms with van der Waals surface area (Å²) in [5.41, 5.74) is -2.27. The molecule has 126 valence electrons. The van der Waals surface area contributed by atoms with Crippen LogP contribution < -0.4 is 0 Å². The average molecular weight is 322 g/mol. The molecule has 0 spiro atoms. The van der Waals surface area contributed by atoms with Gasteiger partial charge in [-0.25, -0.2) is 4.79 Å². The number of hydrogen-bond acceptors (Lipinski definition) is 6. The number of rotatable bonds is 4. The van der Waals surface area contributed by atoms with Crippen LogP contribution >= 0.6 is 0 Å². The van der Waals surface area contributed by atoms with Gasteiger partial charge in [-0.3, -0.25) is 9.59 Å². The normalized spacial score (nSPS) is 28.5. The molecule has 1 rings (SSSR count). The van der Waals surface area contributed by atoms with Crippen molar-refractivity contribution in [1.29, 1.82) is 0 Å². The van der Waals surface area contributed by atoms with Gasteiger partial charge in [-0.2, -0.15) is 0 Å². The Bertz CT molecular complexity index is 613. The summed E-state index contributed by atoms with van der Waals surface area (Å²) >= 11 is 0. The van der Waals surface area contributed by atoms with E-state index in [0.29, 0.717) is 11.1 Å². The van der Waals surface area contributed by atoms with Crippen LogP contribution in [-0.4, -0.2) is 42.6 Å². The van der Waals surface area contributed by atoms with Gasteiger partial charge in [0.05, 0.1) is 14.2 Å². The van der Waals surface area contributed by atoms with Crippen LogP contribution in [0, 0.1) is 5.41 Å². The summed E-state index contributed by atoms with van der Waals surface area (Å²) in [5.74, 6) is -1.46. The van der Waals surface area contributed by atoms with Crippen LogP contribution in [0.3, 0.4) is 0 Å². The van der Waals surface area contributed by atoms with Crippen molar-refractivity contribution in [1.82, 2.24) is 0 Å². The third-order valence-corrected chi connectivity index (χ3v) is 4.12. The molecular weight excluding hydrogens is 300 g/mol. The molecule has 1 N–H and O–H groups in total. The predicted molar refractivity (Wildman–Crippen MR) is 83.4 cm³/mol. The van der Waals surface area contributed by atoms with Crippen LogP contribution in [0.15, 0.2) is 35.5 Å². The number of methoxy groups -OCH3 is 2. The number of esters is 2. The van der Waals surface area contributed by atoms with Gasteiger partial charge in [0.2, 0.25) is 0 Å². The first-order valence-electron chi connectivity index (χ1n) is 7.08. The molecule has 6 nitrogen and oxygen atoms in total. The number of carbonyl (C=O) groups is 3. The molecule has 0 aromatic heterocycles. The molecule has 0 fully saturated rings. The highest BCUT2D eigenvalue weighted by Gasteiger charge is 2.55. The van der Waals surface area contributed by atoms with Crippen LogP contribution in [0.1, 0.15) is 27.2 Å². The molecule has 2 atom stereocenters. The maximum absolute atomic E-state index is 12.2. The van der Waals surface area contributed by atoms with E-state index in [2.05, 4.69) is 4.74 Å². The van der Waals surface area contributed by atoms with Gasteiger partial charge in [-0.05, 0) is 44.1 Å². The molecule has 0 bridgehead atoms. The number of hydrogen-bond donors (Lipinski definition) is 1. The molecule has 0 aliphatic heterocycles. The van der Waals surface area contributed by atoms with Gasteiger partial charge >= 0.3 is 11.9 Å². The first-order valence-corrected chi connectivity index (χ1v) is 7.08.